The second kappa shape index (κ2) is 12.8. The second-order valence-corrected chi connectivity index (χ2v) is 7.61. The van der Waals surface area contributed by atoms with E-state index < -0.39 is 0 Å². The van der Waals surface area contributed by atoms with Crippen molar-refractivity contribution in [1.82, 2.24) is 5.32 Å². The lowest BCUT2D eigenvalue weighted by atomic mass is 10.1. The van der Waals surface area contributed by atoms with Crippen LogP contribution < -0.4 is 14.8 Å². The summed E-state index contributed by atoms with van der Waals surface area (Å²) in [5.41, 5.74) is 2.65. The summed E-state index contributed by atoms with van der Waals surface area (Å²) in [6.07, 6.45) is 0.612. The highest BCUT2D eigenvalue weighted by Gasteiger charge is 2.13. The van der Waals surface area contributed by atoms with E-state index in [0.29, 0.717) is 59.8 Å². The van der Waals surface area contributed by atoms with Gasteiger partial charge in [0.25, 0.3) is 0 Å². The maximum atomic E-state index is 13.7. The number of hydrogen-bond acceptors (Lipinski definition) is 3. The van der Waals surface area contributed by atoms with Crippen LogP contribution in [0.4, 0.5) is 4.39 Å². The van der Waals surface area contributed by atoms with E-state index in [2.05, 4.69) is 5.32 Å². The summed E-state index contributed by atoms with van der Waals surface area (Å²) in [5, 5.41) is 4.49. The van der Waals surface area contributed by atoms with E-state index in [4.69, 9.17) is 32.7 Å². The Morgan fingerprint density at radius 1 is 0.935 bits per heavy atom. The van der Waals surface area contributed by atoms with Gasteiger partial charge in [-0.3, -0.25) is 0 Å². The van der Waals surface area contributed by atoms with Crippen molar-refractivity contribution in [2.45, 2.75) is 26.5 Å². The monoisotopic (exact) mass is 483 g/mol. The molecule has 0 aliphatic heterocycles. The molecule has 0 aromatic heterocycles. The SMILES string of the molecule is CCOc1cc(CNCCc2ccccc2F)cc(Cl)c1OCc1ccc(Cl)cc1.Cl. The van der Waals surface area contributed by atoms with Gasteiger partial charge in [-0.05, 0) is 66.9 Å². The first-order valence-corrected chi connectivity index (χ1v) is 10.6. The lowest BCUT2D eigenvalue weighted by Crippen LogP contribution is -2.17. The molecule has 7 heteroatoms. The van der Waals surface area contributed by atoms with Gasteiger partial charge in [0.1, 0.15) is 12.4 Å². The molecule has 0 spiro atoms. The predicted molar refractivity (Wildman–Crippen MR) is 127 cm³/mol. The minimum atomic E-state index is -0.178. The predicted octanol–water partition coefficient (Wildman–Crippen LogP) is 6.86. The van der Waals surface area contributed by atoms with Crippen molar-refractivity contribution in [2.75, 3.05) is 13.2 Å². The Kier molecular flexibility index (Phi) is 10.4. The van der Waals surface area contributed by atoms with E-state index in [9.17, 15) is 4.39 Å². The van der Waals surface area contributed by atoms with Crippen LogP contribution in [0.3, 0.4) is 0 Å². The number of nitrogens with one attached hydrogen (secondary N) is 1. The highest BCUT2D eigenvalue weighted by Crippen LogP contribution is 2.37. The normalized spacial score (nSPS) is 10.5. The molecule has 0 heterocycles. The van der Waals surface area contributed by atoms with Crippen LogP contribution in [0.1, 0.15) is 23.6 Å². The van der Waals surface area contributed by atoms with Gasteiger partial charge in [0.2, 0.25) is 0 Å². The van der Waals surface area contributed by atoms with Crippen molar-refractivity contribution < 1.29 is 13.9 Å². The molecule has 3 nitrogen and oxygen atoms in total. The molecule has 1 N–H and O–H groups in total. The fraction of sp³-hybridized carbons (Fsp3) is 0.250. The van der Waals surface area contributed by atoms with Crippen LogP contribution in [0.5, 0.6) is 11.5 Å². The van der Waals surface area contributed by atoms with Crippen LogP contribution in [0, 0.1) is 5.82 Å². The number of benzene rings is 3. The zero-order chi connectivity index (χ0) is 21.3. The molecule has 0 aliphatic carbocycles. The van der Waals surface area contributed by atoms with E-state index in [1.165, 1.54) is 6.07 Å². The van der Waals surface area contributed by atoms with Gasteiger partial charge in [0, 0.05) is 11.6 Å². The van der Waals surface area contributed by atoms with E-state index in [-0.39, 0.29) is 18.2 Å². The summed E-state index contributed by atoms with van der Waals surface area (Å²) in [5.74, 6) is 0.941. The standard InChI is InChI=1S/C24H24Cl2FNO2.ClH/c1-2-29-23-14-18(15-28-12-11-19-5-3-4-6-22(19)27)13-21(26)24(23)30-16-17-7-9-20(25)10-8-17;/h3-10,13-14,28H,2,11-12,15-16H2,1H3;1H. The Hall–Kier alpha value is -1.98. The average Bonchev–Trinajstić information content (AvgIpc) is 2.73. The average molecular weight is 485 g/mol. The van der Waals surface area contributed by atoms with E-state index in [0.717, 1.165) is 11.1 Å². The molecule has 3 aromatic carbocycles. The third kappa shape index (κ3) is 7.58. The van der Waals surface area contributed by atoms with Crippen molar-refractivity contribution in [2.24, 2.45) is 0 Å². The maximum Gasteiger partial charge on any atom is 0.180 e. The first-order chi connectivity index (χ1) is 14.6. The van der Waals surface area contributed by atoms with Crippen molar-refractivity contribution in [3.63, 3.8) is 0 Å². The summed E-state index contributed by atoms with van der Waals surface area (Å²) in [6.45, 7) is 4.01. The van der Waals surface area contributed by atoms with Crippen molar-refractivity contribution >= 4 is 35.6 Å². The van der Waals surface area contributed by atoms with Crippen LogP contribution in [0.15, 0.2) is 60.7 Å². The first kappa shape index (κ1) is 25.3. The zero-order valence-electron chi connectivity index (χ0n) is 17.2. The number of rotatable bonds is 10. The van der Waals surface area contributed by atoms with Gasteiger partial charge in [-0.1, -0.05) is 53.5 Å². The van der Waals surface area contributed by atoms with Crippen LogP contribution >= 0.6 is 35.6 Å². The molecule has 0 unspecified atom stereocenters. The molecule has 0 saturated carbocycles. The summed E-state index contributed by atoms with van der Waals surface area (Å²) in [6, 6.07) is 18.0. The van der Waals surface area contributed by atoms with Gasteiger partial charge >= 0.3 is 0 Å². The molecule has 0 fully saturated rings. The molecular weight excluding hydrogens is 460 g/mol. The van der Waals surface area contributed by atoms with Gasteiger partial charge in [-0.25, -0.2) is 4.39 Å². The van der Waals surface area contributed by atoms with Gasteiger partial charge in [-0.15, -0.1) is 12.4 Å². The second-order valence-electron chi connectivity index (χ2n) is 6.77. The Balaban J connectivity index is 0.00000341. The summed E-state index contributed by atoms with van der Waals surface area (Å²) in [4.78, 5) is 0. The van der Waals surface area contributed by atoms with Gasteiger partial charge in [0.05, 0.1) is 11.6 Å². The minimum absolute atomic E-state index is 0. The Bertz CT molecular complexity index is 968. The van der Waals surface area contributed by atoms with Gasteiger partial charge < -0.3 is 14.8 Å². The highest BCUT2D eigenvalue weighted by atomic mass is 35.5. The number of hydrogen-bond donors (Lipinski definition) is 1. The Morgan fingerprint density at radius 2 is 1.68 bits per heavy atom. The fourth-order valence-electron chi connectivity index (χ4n) is 3.02. The molecule has 166 valence electrons. The zero-order valence-corrected chi connectivity index (χ0v) is 19.5. The van der Waals surface area contributed by atoms with Gasteiger partial charge in [-0.2, -0.15) is 0 Å². The molecule has 3 aromatic rings. The van der Waals surface area contributed by atoms with Crippen LogP contribution in [-0.4, -0.2) is 13.2 Å². The first-order valence-electron chi connectivity index (χ1n) is 9.83. The van der Waals surface area contributed by atoms with E-state index in [1.807, 2.05) is 49.4 Å². The molecular formula is C24H25Cl3FNO2. The molecule has 0 saturated heterocycles. The highest BCUT2D eigenvalue weighted by molar-refractivity contribution is 6.32. The molecule has 0 bridgehead atoms. The smallest absolute Gasteiger partial charge is 0.180 e. The van der Waals surface area contributed by atoms with Crippen LogP contribution in [0.2, 0.25) is 10.0 Å². The van der Waals surface area contributed by atoms with Crippen molar-refractivity contribution in [1.29, 1.82) is 0 Å². The molecule has 0 atom stereocenters. The molecule has 31 heavy (non-hydrogen) atoms. The third-order valence-electron chi connectivity index (χ3n) is 4.52. The van der Waals surface area contributed by atoms with Crippen molar-refractivity contribution in [3.05, 3.63) is 93.2 Å². The van der Waals surface area contributed by atoms with Crippen LogP contribution in [0.25, 0.3) is 0 Å². The molecule has 3 rings (SSSR count). The quantitative estimate of drug-likeness (QED) is 0.319. The summed E-state index contributed by atoms with van der Waals surface area (Å²) >= 11 is 12.4. The fourth-order valence-corrected chi connectivity index (χ4v) is 3.43. The Morgan fingerprint density at radius 3 is 2.39 bits per heavy atom. The lowest BCUT2D eigenvalue weighted by Gasteiger charge is -2.16. The third-order valence-corrected chi connectivity index (χ3v) is 5.06. The minimum Gasteiger partial charge on any atom is -0.490 e. The number of halogens is 4. The summed E-state index contributed by atoms with van der Waals surface area (Å²) in [7, 11) is 0. The van der Waals surface area contributed by atoms with Crippen LogP contribution in [-0.2, 0) is 19.6 Å². The van der Waals surface area contributed by atoms with Crippen molar-refractivity contribution in [3.8, 4) is 11.5 Å². The Labute approximate surface area is 198 Å². The number of ether oxygens (including phenoxy) is 2. The molecule has 0 aliphatic rings. The maximum absolute atomic E-state index is 13.7. The molecule has 0 radical (unpaired) electrons. The topological polar surface area (TPSA) is 30.5 Å². The molecule has 0 amide bonds. The largest absolute Gasteiger partial charge is 0.490 e. The van der Waals surface area contributed by atoms with E-state index in [1.54, 1.807) is 12.1 Å². The van der Waals surface area contributed by atoms with E-state index >= 15 is 0 Å². The summed E-state index contributed by atoms with van der Waals surface area (Å²) < 4.78 is 25.4. The van der Waals surface area contributed by atoms with Gasteiger partial charge in [0.15, 0.2) is 11.5 Å². The lowest BCUT2D eigenvalue weighted by molar-refractivity contribution is 0.269.